The molecule has 7 heteroatoms. The average molecular weight is 354 g/mol. The molecule has 26 heavy (non-hydrogen) atoms. The summed E-state index contributed by atoms with van der Waals surface area (Å²) in [5.74, 6) is 2.12. The van der Waals surface area contributed by atoms with E-state index in [-0.39, 0.29) is 0 Å². The number of nitrogens with zero attached hydrogens (tertiary/aromatic N) is 5. The monoisotopic (exact) mass is 354 g/mol. The summed E-state index contributed by atoms with van der Waals surface area (Å²) in [5, 5.41) is 11.9. The largest absolute Gasteiger partial charge is 0.378 e. The van der Waals surface area contributed by atoms with Crippen LogP contribution in [0, 0.1) is 5.92 Å². The van der Waals surface area contributed by atoms with Crippen LogP contribution in [0.2, 0.25) is 0 Å². The average Bonchev–Trinajstić information content (AvgIpc) is 2.69. The fourth-order valence-electron chi connectivity index (χ4n) is 3.66. The Labute approximate surface area is 154 Å². The number of aromatic nitrogens is 3. The molecule has 1 N–H and O–H groups in total. The molecule has 4 rings (SSSR count). The highest BCUT2D eigenvalue weighted by Crippen LogP contribution is 2.29. The van der Waals surface area contributed by atoms with E-state index in [1.165, 1.54) is 18.5 Å². The summed E-state index contributed by atoms with van der Waals surface area (Å²) >= 11 is 0. The van der Waals surface area contributed by atoms with Crippen LogP contribution in [0.5, 0.6) is 0 Å². The van der Waals surface area contributed by atoms with Crippen molar-refractivity contribution in [1.29, 1.82) is 0 Å². The topological polar surface area (TPSA) is 66.4 Å². The van der Waals surface area contributed by atoms with Crippen LogP contribution in [0.3, 0.4) is 0 Å². The van der Waals surface area contributed by atoms with Gasteiger partial charge >= 0.3 is 0 Å². The van der Waals surface area contributed by atoms with Crippen molar-refractivity contribution in [3.05, 3.63) is 30.5 Å². The van der Waals surface area contributed by atoms with Crippen molar-refractivity contribution in [2.45, 2.75) is 19.8 Å². The number of anilines is 4. The fraction of sp³-hybridized carbons (Fsp3) is 0.526. The van der Waals surface area contributed by atoms with Gasteiger partial charge in [-0.25, -0.2) is 0 Å². The summed E-state index contributed by atoms with van der Waals surface area (Å²) in [6.45, 7) is 7.60. The molecular weight excluding hydrogens is 328 g/mol. The molecule has 138 valence electrons. The first-order valence-electron chi connectivity index (χ1n) is 9.43. The van der Waals surface area contributed by atoms with Crippen LogP contribution in [-0.4, -0.2) is 54.6 Å². The zero-order chi connectivity index (χ0) is 17.8. The van der Waals surface area contributed by atoms with Crippen LogP contribution in [-0.2, 0) is 4.74 Å². The normalized spacial score (nSPS) is 20.9. The Kier molecular flexibility index (Phi) is 5.15. The first kappa shape index (κ1) is 17.0. The van der Waals surface area contributed by atoms with Gasteiger partial charge in [0, 0.05) is 26.2 Å². The SMILES string of the molecule is CC1CCCN(c2nncc(Nc3ccccc3N3CCOCC3)n2)C1. The van der Waals surface area contributed by atoms with E-state index in [0.29, 0.717) is 11.9 Å². The van der Waals surface area contributed by atoms with Crippen molar-refractivity contribution < 1.29 is 4.74 Å². The smallest absolute Gasteiger partial charge is 0.247 e. The molecule has 1 aromatic heterocycles. The van der Waals surface area contributed by atoms with E-state index in [4.69, 9.17) is 9.72 Å². The van der Waals surface area contributed by atoms with Gasteiger partial charge in [-0.3, -0.25) is 0 Å². The number of hydrogen-bond acceptors (Lipinski definition) is 7. The van der Waals surface area contributed by atoms with E-state index >= 15 is 0 Å². The molecule has 2 fully saturated rings. The van der Waals surface area contributed by atoms with Gasteiger partial charge in [-0.05, 0) is 30.9 Å². The summed E-state index contributed by atoms with van der Waals surface area (Å²) < 4.78 is 5.47. The van der Waals surface area contributed by atoms with E-state index in [1.54, 1.807) is 6.20 Å². The first-order chi connectivity index (χ1) is 12.8. The molecule has 0 amide bonds. The summed E-state index contributed by atoms with van der Waals surface area (Å²) in [6, 6.07) is 8.31. The number of ether oxygens (including phenoxy) is 1. The molecule has 2 aliphatic heterocycles. The third kappa shape index (κ3) is 3.88. The zero-order valence-electron chi connectivity index (χ0n) is 15.3. The maximum atomic E-state index is 5.47. The molecule has 2 aliphatic rings. The minimum atomic E-state index is 0.672. The van der Waals surface area contributed by atoms with Gasteiger partial charge < -0.3 is 19.9 Å². The Morgan fingerprint density at radius 2 is 1.96 bits per heavy atom. The van der Waals surface area contributed by atoms with E-state index in [1.807, 2.05) is 6.07 Å². The van der Waals surface area contributed by atoms with Gasteiger partial charge in [-0.15, -0.1) is 5.10 Å². The number of benzene rings is 1. The third-order valence-corrected chi connectivity index (χ3v) is 5.01. The number of hydrogen-bond donors (Lipinski definition) is 1. The molecule has 7 nitrogen and oxygen atoms in total. The lowest BCUT2D eigenvalue weighted by Crippen LogP contribution is -2.36. The predicted octanol–water partition coefficient (Wildman–Crippen LogP) is 2.69. The zero-order valence-corrected chi connectivity index (χ0v) is 15.3. The second-order valence-electron chi connectivity index (χ2n) is 7.08. The van der Waals surface area contributed by atoms with E-state index in [9.17, 15) is 0 Å². The predicted molar refractivity (Wildman–Crippen MR) is 103 cm³/mol. The Bertz CT molecular complexity index is 733. The third-order valence-electron chi connectivity index (χ3n) is 5.01. The molecule has 0 spiro atoms. The van der Waals surface area contributed by atoms with Gasteiger partial charge in [0.25, 0.3) is 0 Å². The van der Waals surface area contributed by atoms with Crippen molar-refractivity contribution >= 4 is 23.1 Å². The molecule has 0 radical (unpaired) electrons. The number of rotatable bonds is 4. The highest BCUT2D eigenvalue weighted by Gasteiger charge is 2.20. The van der Waals surface area contributed by atoms with Gasteiger partial charge in [-0.2, -0.15) is 10.1 Å². The van der Waals surface area contributed by atoms with Gasteiger partial charge in [0.1, 0.15) is 0 Å². The standard InChI is InChI=1S/C19H26N6O/c1-15-5-4-8-25(14-15)19-22-18(13-20-23-19)21-16-6-2-3-7-17(16)24-9-11-26-12-10-24/h2-3,6-7,13,15H,4-5,8-12,14H2,1H3,(H,21,22,23). The molecule has 3 heterocycles. The lowest BCUT2D eigenvalue weighted by molar-refractivity contribution is 0.123. The van der Waals surface area contributed by atoms with E-state index < -0.39 is 0 Å². The summed E-state index contributed by atoms with van der Waals surface area (Å²) in [7, 11) is 0. The summed E-state index contributed by atoms with van der Waals surface area (Å²) in [4.78, 5) is 9.29. The van der Waals surface area contributed by atoms with Crippen LogP contribution < -0.4 is 15.1 Å². The quantitative estimate of drug-likeness (QED) is 0.905. The van der Waals surface area contributed by atoms with Gasteiger partial charge in [0.15, 0.2) is 5.82 Å². The molecule has 1 aromatic carbocycles. The van der Waals surface area contributed by atoms with Crippen molar-refractivity contribution in [1.82, 2.24) is 15.2 Å². The van der Waals surface area contributed by atoms with Gasteiger partial charge in [0.05, 0.1) is 30.8 Å². The van der Waals surface area contributed by atoms with Crippen LogP contribution in [0.25, 0.3) is 0 Å². The summed E-state index contributed by atoms with van der Waals surface area (Å²) in [5.41, 5.74) is 2.20. The number of para-hydroxylation sites is 2. The Morgan fingerprint density at radius 1 is 1.12 bits per heavy atom. The second kappa shape index (κ2) is 7.86. The highest BCUT2D eigenvalue weighted by molar-refractivity contribution is 5.74. The Morgan fingerprint density at radius 3 is 2.81 bits per heavy atom. The van der Waals surface area contributed by atoms with Crippen molar-refractivity contribution in [3.8, 4) is 0 Å². The van der Waals surface area contributed by atoms with E-state index in [2.05, 4.69) is 50.4 Å². The maximum Gasteiger partial charge on any atom is 0.247 e. The molecule has 1 unspecified atom stereocenters. The van der Waals surface area contributed by atoms with Crippen LogP contribution in [0.1, 0.15) is 19.8 Å². The van der Waals surface area contributed by atoms with Crippen LogP contribution in [0.15, 0.2) is 30.5 Å². The van der Waals surface area contributed by atoms with Crippen molar-refractivity contribution in [2.75, 3.05) is 54.5 Å². The van der Waals surface area contributed by atoms with Crippen LogP contribution >= 0.6 is 0 Å². The minimum absolute atomic E-state index is 0.672. The molecule has 0 aliphatic carbocycles. The number of morpholine rings is 1. The van der Waals surface area contributed by atoms with Crippen LogP contribution in [0.4, 0.5) is 23.1 Å². The lowest BCUT2D eigenvalue weighted by atomic mass is 10.0. The summed E-state index contributed by atoms with van der Waals surface area (Å²) in [6.07, 6.45) is 4.14. The maximum absolute atomic E-state index is 5.47. The molecule has 2 saturated heterocycles. The Balaban J connectivity index is 1.53. The second-order valence-corrected chi connectivity index (χ2v) is 7.08. The van der Waals surface area contributed by atoms with Gasteiger partial charge in [-0.1, -0.05) is 19.1 Å². The molecule has 1 atom stereocenters. The fourth-order valence-corrected chi connectivity index (χ4v) is 3.66. The number of nitrogens with one attached hydrogen (secondary N) is 1. The first-order valence-corrected chi connectivity index (χ1v) is 9.43. The van der Waals surface area contributed by atoms with Crippen molar-refractivity contribution in [2.24, 2.45) is 5.92 Å². The molecule has 2 aromatic rings. The van der Waals surface area contributed by atoms with Gasteiger partial charge in [0.2, 0.25) is 5.95 Å². The molecule has 0 bridgehead atoms. The minimum Gasteiger partial charge on any atom is -0.378 e. The molecule has 0 saturated carbocycles. The van der Waals surface area contributed by atoms with E-state index in [0.717, 1.165) is 50.9 Å². The van der Waals surface area contributed by atoms with Crippen molar-refractivity contribution in [3.63, 3.8) is 0 Å². The highest BCUT2D eigenvalue weighted by atomic mass is 16.5. The molecular formula is C19H26N6O. The lowest BCUT2D eigenvalue weighted by Gasteiger charge is -2.31. The number of piperidine rings is 1. The Hall–Kier alpha value is -2.41.